The molecule has 1 aromatic rings. The molecule has 3 aliphatic rings. The molecule has 3 fully saturated rings. The van der Waals surface area contributed by atoms with Crippen molar-refractivity contribution in [2.24, 2.45) is 23.7 Å². The summed E-state index contributed by atoms with van der Waals surface area (Å²) in [6, 6.07) is 7.16. The number of hydrogen-bond acceptors (Lipinski definition) is 2. The average Bonchev–Trinajstić information content (AvgIpc) is 3.09. The van der Waals surface area contributed by atoms with Crippen molar-refractivity contribution < 1.29 is 9.53 Å². The van der Waals surface area contributed by atoms with Crippen molar-refractivity contribution in [1.29, 1.82) is 0 Å². The third-order valence-corrected chi connectivity index (χ3v) is 5.93. The van der Waals surface area contributed by atoms with Gasteiger partial charge in [-0.05, 0) is 67.6 Å². The van der Waals surface area contributed by atoms with Gasteiger partial charge in [0.25, 0.3) is 0 Å². The van der Waals surface area contributed by atoms with Crippen molar-refractivity contribution in [3.05, 3.63) is 29.3 Å². The third kappa shape index (κ3) is 2.42. The molecule has 0 spiro atoms. The van der Waals surface area contributed by atoms with Crippen LogP contribution in [0, 0.1) is 23.7 Å². The van der Waals surface area contributed by atoms with Crippen LogP contribution in [-0.4, -0.2) is 12.2 Å². The van der Waals surface area contributed by atoms with E-state index in [9.17, 15) is 4.79 Å². The first-order valence-corrected chi connectivity index (χ1v) is 8.32. The molecular formula is C17H20ClNO2. The molecule has 5 unspecified atom stereocenters. The zero-order chi connectivity index (χ0) is 14.4. The summed E-state index contributed by atoms with van der Waals surface area (Å²) >= 11 is 5.92. The van der Waals surface area contributed by atoms with Gasteiger partial charge in [-0.15, -0.1) is 0 Å². The molecule has 1 N–H and O–H groups in total. The van der Waals surface area contributed by atoms with Crippen LogP contribution in [-0.2, 0) is 4.74 Å². The first-order valence-electron chi connectivity index (χ1n) is 7.94. The second-order valence-electron chi connectivity index (χ2n) is 6.73. The first-order chi connectivity index (χ1) is 10.2. The number of ether oxygens (including phenoxy) is 1. The molecule has 112 valence electrons. The van der Waals surface area contributed by atoms with E-state index >= 15 is 0 Å². The molecule has 0 aromatic heterocycles. The molecule has 3 aliphatic carbocycles. The van der Waals surface area contributed by atoms with E-state index in [4.69, 9.17) is 16.3 Å². The zero-order valence-corrected chi connectivity index (χ0v) is 12.7. The van der Waals surface area contributed by atoms with Crippen LogP contribution >= 0.6 is 11.6 Å². The largest absolute Gasteiger partial charge is 0.446 e. The van der Waals surface area contributed by atoms with Gasteiger partial charge in [0.2, 0.25) is 0 Å². The summed E-state index contributed by atoms with van der Waals surface area (Å²) in [4.78, 5) is 12.1. The van der Waals surface area contributed by atoms with Crippen molar-refractivity contribution >= 4 is 23.4 Å². The van der Waals surface area contributed by atoms with Gasteiger partial charge in [-0.2, -0.15) is 0 Å². The molecule has 3 saturated carbocycles. The highest BCUT2D eigenvalue weighted by molar-refractivity contribution is 6.30. The lowest BCUT2D eigenvalue weighted by molar-refractivity contribution is 0.0431. The van der Waals surface area contributed by atoms with E-state index in [0.717, 1.165) is 24.2 Å². The van der Waals surface area contributed by atoms with Gasteiger partial charge in [-0.25, -0.2) is 4.79 Å². The quantitative estimate of drug-likeness (QED) is 0.859. The fourth-order valence-corrected chi connectivity index (χ4v) is 5.18. The van der Waals surface area contributed by atoms with Gasteiger partial charge >= 0.3 is 6.09 Å². The molecule has 5 atom stereocenters. The zero-order valence-electron chi connectivity index (χ0n) is 11.9. The van der Waals surface area contributed by atoms with Crippen LogP contribution in [0.25, 0.3) is 0 Å². The predicted molar refractivity (Wildman–Crippen MR) is 82.4 cm³/mol. The standard InChI is InChI=1S/C17H20ClNO2/c18-11-3-1-4-12(9-11)19-17(20)21-16-8-10-7-15(16)14-6-2-5-13(10)14/h1,3-4,9-10,13-16H,2,5-8H2,(H,19,20). The molecule has 3 nitrogen and oxygen atoms in total. The van der Waals surface area contributed by atoms with E-state index < -0.39 is 0 Å². The lowest BCUT2D eigenvalue weighted by Gasteiger charge is -2.31. The Morgan fingerprint density at radius 2 is 2.05 bits per heavy atom. The van der Waals surface area contributed by atoms with Gasteiger partial charge in [0.15, 0.2) is 0 Å². The molecule has 4 rings (SSSR count). The Labute approximate surface area is 130 Å². The molecule has 0 radical (unpaired) electrons. The Morgan fingerprint density at radius 1 is 1.19 bits per heavy atom. The van der Waals surface area contributed by atoms with Gasteiger partial charge in [0.1, 0.15) is 6.10 Å². The van der Waals surface area contributed by atoms with Crippen molar-refractivity contribution in [3.8, 4) is 0 Å². The lowest BCUT2D eigenvalue weighted by Crippen LogP contribution is -2.33. The SMILES string of the molecule is O=C(Nc1cccc(Cl)c1)OC1CC2CC1C1CCCC21. The summed E-state index contributed by atoms with van der Waals surface area (Å²) in [5.74, 6) is 3.14. The Bertz CT molecular complexity index is 561. The van der Waals surface area contributed by atoms with Crippen molar-refractivity contribution in [1.82, 2.24) is 0 Å². The van der Waals surface area contributed by atoms with Crippen LogP contribution < -0.4 is 5.32 Å². The van der Waals surface area contributed by atoms with Crippen LogP contribution in [0.3, 0.4) is 0 Å². The number of amides is 1. The van der Waals surface area contributed by atoms with Gasteiger partial charge in [0.05, 0.1) is 0 Å². The fraction of sp³-hybridized carbons (Fsp3) is 0.588. The lowest BCUT2D eigenvalue weighted by atomic mass is 9.80. The van der Waals surface area contributed by atoms with Gasteiger partial charge in [0, 0.05) is 10.7 Å². The number of nitrogens with one attached hydrogen (secondary N) is 1. The maximum Gasteiger partial charge on any atom is 0.411 e. The highest BCUT2D eigenvalue weighted by Gasteiger charge is 2.55. The summed E-state index contributed by atoms with van der Waals surface area (Å²) in [6.07, 6.45) is 6.20. The van der Waals surface area contributed by atoms with Crippen LogP contribution in [0.2, 0.25) is 5.02 Å². The van der Waals surface area contributed by atoms with E-state index in [-0.39, 0.29) is 12.2 Å². The molecule has 4 heteroatoms. The number of hydrogen-bond donors (Lipinski definition) is 1. The van der Waals surface area contributed by atoms with Crippen LogP contribution in [0.1, 0.15) is 32.1 Å². The molecular weight excluding hydrogens is 286 g/mol. The Morgan fingerprint density at radius 3 is 2.90 bits per heavy atom. The van der Waals surface area contributed by atoms with Crippen molar-refractivity contribution in [2.45, 2.75) is 38.2 Å². The topological polar surface area (TPSA) is 38.3 Å². The van der Waals surface area contributed by atoms with Gasteiger partial charge in [-0.1, -0.05) is 24.1 Å². The molecule has 1 aromatic carbocycles. The Kier molecular flexibility index (Phi) is 3.33. The molecule has 0 saturated heterocycles. The Hall–Kier alpha value is -1.22. The molecule has 2 bridgehead atoms. The van der Waals surface area contributed by atoms with Gasteiger partial charge in [-0.3, -0.25) is 5.32 Å². The van der Waals surface area contributed by atoms with E-state index in [1.165, 1.54) is 25.7 Å². The average molecular weight is 306 g/mol. The fourth-order valence-electron chi connectivity index (χ4n) is 4.99. The number of benzene rings is 1. The number of rotatable bonds is 2. The second-order valence-corrected chi connectivity index (χ2v) is 7.17. The van der Waals surface area contributed by atoms with Crippen LogP contribution in [0.4, 0.5) is 10.5 Å². The molecule has 0 aliphatic heterocycles. The minimum Gasteiger partial charge on any atom is -0.446 e. The van der Waals surface area contributed by atoms with Crippen molar-refractivity contribution in [2.75, 3.05) is 5.32 Å². The summed E-state index contributed by atoms with van der Waals surface area (Å²) < 4.78 is 5.70. The number of carbonyl (C=O) groups excluding carboxylic acids is 1. The number of anilines is 1. The normalized spacial score (nSPS) is 36.5. The summed E-state index contributed by atoms with van der Waals surface area (Å²) in [5, 5.41) is 3.40. The summed E-state index contributed by atoms with van der Waals surface area (Å²) in [5.41, 5.74) is 0.689. The van der Waals surface area contributed by atoms with Crippen LogP contribution in [0.5, 0.6) is 0 Å². The summed E-state index contributed by atoms with van der Waals surface area (Å²) in [7, 11) is 0. The minimum absolute atomic E-state index is 0.119. The number of fused-ring (bicyclic) bond motifs is 5. The Balaban J connectivity index is 1.37. The smallest absolute Gasteiger partial charge is 0.411 e. The third-order valence-electron chi connectivity index (χ3n) is 5.70. The van der Waals surface area contributed by atoms with E-state index in [1.807, 2.05) is 12.1 Å². The van der Waals surface area contributed by atoms with Crippen molar-refractivity contribution in [3.63, 3.8) is 0 Å². The predicted octanol–water partition coefficient (Wildman–Crippen LogP) is 4.71. The second kappa shape index (κ2) is 5.20. The molecule has 21 heavy (non-hydrogen) atoms. The van der Waals surface area contributed by atoms with Gasteiger partial charge < -0.3 is 4.74 Å². The summed E-state index contributed by atoms with van der Waals surface area (Å²) in [6.45, 7) is 0. The molecule has 0 heterocycles. The highest BCUT2D eigenvalue weighted by Crippen LogP contribution is 2.59. The number of carbonyl (C=O) groups is 1. The maximum absolute atomic E-state index is 12.1. The highest BCUT2D eigenvalue weighted by atomic mass is 35.5. The first kappa shape index (κ1) is 13.4. The van der Waals surface area contributed by atoms with E-state index in [0.29, 0.717) is 16.6 Å². The van der Waals surface area contributed by atoms with E-state index in [2.05, 4.69) is 5.32 Å². The van der Waals surface area contributed by atoms with Crippen LogP contribution in [0.15, 0.2) is 24.3 Å². The van der Waals surface area contributed by atoms with E-state index in [1.54, 1.807) is 12.1 Å². The maximum atomic E-state index is 12.1. The monoisotopic (exact) mass is 305 g/mol. The minimum atomic E-state index is -0.343. The number of halogens is 1. The molecule has 1 amide bonds.